The van der Waals surface area contributed by atoms with Gasteiger partial charge in [-0.2, -0.15) is 0 Å². The number of carbonyl (C=O) groups is 1. The van der Waals surface area contributed by atoms with Crippen molar-refractivity contribution in [2.24, 2.45) is 5.92 Å². The summed E-state index contributed by atoms with van der Waals surface area (Å²) in [5.74, 6) is -1.58. The minimum absolute atomic E-state index is 0.0883. The van der Waals surface area contributed by atoms with Gasteiger partial charge in [-0.25, -0.2) is 4.39 Å². The van der Waals surface area contributed by atoms with E-state index in [9.17, 15) is 9.18 Å². The summed E-state index contributed by atoms with van der Waals surface area (Å²) >= 11 is 0. The third-order valence-corrected chi connectivity index (χ3v) is 3.34. The monoisotopic (exact) mass is 263 g/mol. The van der Waals surface area contributed by atoms with Crippen molar-refractivity contribution < 1.29 is 14.3 Å². The van der Waals surface area contributed by atoms with Gasteiger partial charge in [0.05, 0.1) is 11.4 Å². The molecule has 0 bridgehead atoms. The van der Waals surface area contributed by atoms with E-state index in [1.54, 1.807) is 13.0 Å². The lowest BCUT2D eigenvalue weighted by Gasteiger charge is -2.16. The number of carboxylic acids is 1. The van der Waals surface area contributed by atoms with Crippen molar-refractivity contribution in [2.75, 3.05) is 0 Å². The van der Waals surface area contributed by atoms with Crippen LogP contribution in [-0.4, -0.2) is 15.6 Å². The van der Waals surface area contributed by atoms with Crippen LogP contribution in [-0.2, 0) is 11.2 Å². The molecule has 0 saturated carbocycles. The first kappa shape index (κ1) is 13.6. The zero-order chi connectivity index (χ0) is 14.2. The van der Waals surface area contributed by atoms with Crippen LogP contribution in [0.25, 0.3) is 10.9 Å². The Morgan fingerprint density at radius 2 is 2.05 bits per heavy atom. The van der Waals surface area contributed by atoms with Crippen LogP contribution in [0.2, 0.25) is 0 Å². The molecule has 1 heterocycles. The SMILES string of the molecule is CC(Cc1cc2cccc(F)c2n1C(C)C)C(=O)O. The van der Waals surface area contributed by atoms with E-state index < -0.39 is 11.9 Å². The Hall–Kier alpha value is -1.84. The zero-order valence-electron chi connectivity index (χ0n) is 11.4. The first-order valence-electron chi connectivity index (χ1n) is 6.43. The van der Waals surface area contributed by atoms with E-state index in [0.717, 1.165) is 11.1 Å². The van der Waals surface area contributed by atoms with Crippen LogP contribution in [0.5, 0.6) is 0 Å². The first-order valence-corrected chi connectivity index (χ1v) is 6.43. The van der Waals surface area contributed by atoms with Crippen molar-refractivity contribution in [1.82, 2.24) is 4.57 Å². The average molecular weight is 263 g/mol. The number of hydrogen-bond donors (Lipinski definition) is 1. The molecule has 0 spiro atoms. The van der Waals surface area contributed by atoms with Crippen LogP contribution in [0.1, 0.15) is 32.5 Å². The second-order valence-corrected chi connectivity index (χ2v) is 5.22. The molecule has 0 aliphatic carbocycles. The molecule has 0 fully saturated rings. The lowest BCUT2D eigenvalue weighted by molar-refractivity contribution is -0.141. The van der Waals surface area contributed by atoms with Crippen LogP contribution >= 0.6 is 0 Å². The predicted octanol–water partition coefficient (Wildman–Crippen LogP) is 3.62. The molecule has 1 aromatic carbocycles. The maximum Gasteiger partial charge on any atom is 0.306 e. The average Bonchev–Trinajstić information content (AvgIpc) is 2.68. The standard InChI is InChI=1S/C15H18FNO2/c1-9(2)17-12(7-10(3)15(18)19)8-11-5-4-6-13(16)14(11)17/h4-6,8-10H,7H2,1-3H3,(H,18,19). The Labute approximate surface area is 111 Å². The Balaban J connectivity index is 2.58. The molecule has 0 saturated heterocycles. The fraction of sp³-hybridized carbons (Fsp3) is 0.400. The summed E-state index contributed by atoms with van der Waals surface area (Å²) in [6.45, 7) is 5.61. The van der Waals surface area contributed by atoms with E-state index in [0.29, 0.717) is 11.9 Å². The van der Waals surface area contributed by atoms with Gasteiger partial charge in [0, 0.05) is 23.5 Å². The number of para-hydroxylation sites is 1. The summed E-state index contributed by atoms with van der Waals surface area (Å²) in [6, 6.07) is 6.94. The van der Waals surface area contributed by atoms with Crippen molar-refractivity contribution in [3.05, 3.63) is 35.8 Å². The molecule has 3 nitrogen and oxygen atoms in total. The third kappa shape index (κ3) is 2.48. The Morgan fingerprint density at radius 3 is 2.63 bits per heavy atom. The van der Waals surface area contributed by atoms with E-state index in [-0.39, 0.29) is 11.9 Å². The van der Waals surface area contributed by atoms with Gasteiger partial charge in [0.25, 0.3) is 0 Å². The van der Waals surface area contributed by atoms with Crippen LogP contribution in [0.4, 0.5) is 4.39 Å². The molecule has 4 heteroatoms. The minimum Gasteiger partial charge on any atom is -0.481 e. The zero-order valence-corrected chi connectivity index (χ0v) is 11.4. The van der Waals surface area contributed by atoms with Crippen LogP contribution in [0, 0.1) is 11.7 Å². The van der Waals surface area contributed by atoms with Gasteiger partial charge in [-0.15, -0.1) is 0 Å². The number of aliphatic carboxylic acids is 1. The van der Waals surface area contributed by atoms with E-state index in [1.807, 2.05) is 30.5 Å². The number of hydrogen-bond acceptors (Lipinski definition) is 1. The molecule has 1 aromatic heterocycles. The van der Waals surface area contributed by atoms with E-state index in [2.05, 4.69) is 0 Å². The molecule has 102 valence electrons. The van der Waals surface area contributed by atoms with Gasteiger partial charge in [0.1, 0.15) is 5.82 Å². The third-order valence-electron chi connectivity index (χ3n) is 3.34. The van der Waals surface area contributed by atoms with Gasteiger partial charge in [0.2, 0.25) is 0 Å². The highest BCUT2D eigenvalue weighted by Gasteiger charge is 2.19. The minimum atomic E-state index is -0.832. The van der Waals surface area contributed by atoms with Crippen LogP contribution < -0.4 is 0 Å². The van der Waals surface area contributed by atoms with Gasteiger partial charge >= 0.3 is 5.97 Å². The highest BCUT2D eigenvalue weighted by atomic mass is 19.1. The quantitative estimate of drug-likeness (QED) is 0.915. The lowest BCUT2D eigenvalue weighted by atomic mass is 10.1. The molecule has 19 heavy (non-hydrogen) atoms. The lowest BCUT2D eigenvalue weighted by Crippen LogP contribution is -2.16. The van der Waals surface area contributed by atoms with Gasteiger partial charge in [-0.1, -0.05) is 19.1 Å². The van der Waals surface area contributed by atoms with Gasteiger partial charge in [-0.3, -0.25) is 4.79 Å². The van der Waals surface area contributed by atoms with Crippen molar-refractivity contribution in [3.63, 3.8) is 0 Å². The van der Waals surface area contributed by atoms with E-state index in [4.69, 9.17) is 5.11 Å². The normalized spacial score (nSPS) is 13.1. The maximum atomic E-state index is 14.0. The summed E-state index contributed by atoms with van der Waals surface area (Å²) in [4.78, 5) is 11.0. The number of benzene rings is 1. The molecule has 0 aliphatic heterocycles. The largest absolute Gasteiger partial charge is 0.481 e. The second-order valence-electron chi connectivity index (χ2n) is 5.22. The smallest absolute Gasteiger partial charge is 0.306 e. The van der Waals surface area contributed by atoms with Crippen molar-refractivity contribution in [3.8, 4) is 0 Å². The molecule has 0 radical (unpaired) electrons. The topological polar surface area (TPSA) is 42.2 Å². The number of rotatable bonds is 4. The number of halogens is 1. The molecule has 2 rings (SSSR count). The predicted molar refractivity (Wildman–Crippen MR) is 72.8 cm³/mol. The van der Waals surface area contributed by atoms with Crippen molar-refractivity contribution in [1.29, 1.82) is 0 Å². The number of nitrogens with zero attached hydrogens (tertiary/aromatic N) is 1. The molecular formula is C15H18FNO2. The van der Waals surface area contributed by atoms with Gasteiger partial charge in [0.15, 0.2) is 0 Å². The Kier molecular flexibility index (Phi) is 3.60. The Bertz CT molecular complexity index is 616. The number of aromatic nitrogens is 1. The molecule has 0 aliphatic rings. The second kappa shape index (κ2) is 5.03. The summed E-state index contributed by atoms with van der Waals surface area (Å²) in [5, 5.41) is 9.84. The molecule has 1 unspecified atom stereocenters. The van der Waals surface area contributed by atoms with Crippen LogP contribution in [0.15, 0.2) is 24.3 Å². The number of fused-ring (bicyclic) bond motifs is 1. The van der Waals surface area contributed by atoms with E-state index in [1.165, 1.54) is 6.07 Å². The van der Waals surface area contributed by atoms with Gasteiger partial charge < -0.3 is 9.67 Å². The molecule has 1 atom stereocenters. The maximum absolute atomic E-state index is 14.0. The summed E-state index contributed by atoms with van der Waals surface area (Å²) in [6.07, 6.45) is 0.404. The summed E-state index contributed by atoms with van der Waals surface area (Å²) in [5.41, 5.74) is 1.43. The fourth-order valence-electron chi connectivity index (χ4n) is 2.44. The van der Waals surface area contributed by atoms with Gasteiger partial charge in [-0.05, 0) is 26.0 Å². The molecule has 1 N–H and O–H groups in total. The highest BCUT2D eigenvalue weighted by Crippen LogP contribution is 2.27. The fourth-order valence-corrected chi connectivity index (χ4v) is 2.44. The summed E-state index contributed by atoms with van der Waals surface area (Å²) in [7, 11) is 0. The van der Waals surface area contributed by atoms with Crippen molar-refractivity contribution >= 4 is 16.9 Å². The van der Waals surface area contributed by atoms with Crippen LogP contribution in [0.3, 0.4) is 0 Å². The molecule has 0 amide bonds. The summed E-state index contributed by atoms with van der Waals surface area (Å²) < 4.78 is 15.9. The number of carboxylic acid groups (broad SMARTS) is 1. The molecule has 2 aromatic rings. The van der Waals surface area contributed by atoms with Crippen molar-refractivity contribution in [2.45, 2.75) is 33.2 Å². The van der Waals surface area contributed by atoms with E-state index >= 15 is 0 Å². The highest BCUT2D eigenvalue weighted by molar-refractivity contribution is 5.82. The molecular weight excluding hydrogens is 245 g/mol. The Morgan fingerprint density at radius 1 is 1.37 bits per heavy atom. The first-order chi connectivity index (χ1) is 8.91.